The van der Waals surface area contributed by atoms with Crippen molar-refractivity contribution in [2.75, 3.05) is 37.9 Å². The molecule has 0 aliphatic carbocycles. The van der Waals surface area contributed by atoms with Gasteiger partial charge in [0.05, 0.1) is 30.1 Å². The molecule has 3 N–H and O–H groups in total. The van der Waals surface area contributed by atoms with Crippen molar-refractivity contribution in [3.8, 4) is 16.9 Å². The van der Waals surface area contributed by atoms with Crippen LogP contribution < -0.4 is 20.7 Å². The average molecular weight is 638 g/mol. The predicted molar refractivity (Wildman–Crippen MR) is 169 cm³/mol. The Morgan fingerprint density at radius 1 is 1.07 bits per heavy atom. The number of rotatable bonds is 10. The lowest BCUT2D eigenvalue weighted by Crippen LogP contribution is -2.27. The number of hydrogen-bond acceptors (Lipinski definition) is 7. The minimum Gasteiger partial charge on any atom is -0.496 e. The summed E-state index contributed by atoms with van der Waals surface area (Å²) in [4.78, 5) is 37.4. The van der Waals surface area contributed by atoms with E-state index in [9.17, 15) is 18.4 Å². The second-order valence-electron chi connectivity index (χ2n) is 10.8. The Bertz CT molecular complexity index is 1740. The zero-order valence-electron chi connectivity index (χ0n) is 25.4. The van der Waals surface area contributed by atoms with Crippen LogP contribution in [0.5, 0.6) is 5.75 Å². The van der Waals surface area contributed by atoms with Gasteiger partial charge in [-0.2, -0.15) is 0 Å². The van der Waals surface area contributed by atoms with Crippen LogP contribution in [0.2, 0.25) is 5.02 Å². The number of nitrogens with zero attached hydrogens (tertiary/aromatic N) is 4. The SMILES string of the molecule is COc1cc(C(=O)Nc2cccc(-c3cccc(NC(=O)c4nc5c(n4C)CCN(C)C5)c3Cl)c2C)ncc1CNCC(F)F. The maximum absolute atomic E-state index is 13.3. The van der Waals surface area contributed by atoms with E-state index in [0.29, 0.717) is 45.6 Å². The number of imidazole rings is 1. The highest BCUT2D eigenvalue weighted by Crippen LogP contribution is 2.37. The van der Waals surface area contributed by atoms with Crippen LogP contribution in [-0.4, -0.2) is 64.9 Å². The Morgan fingerprint density at radius 3 is 2.51 bits per heavy atom. The minimum absolute atomic E-state index is 0.0969. The van der Waals surface area contributed by atoms with Gasteiger partial charge in [-0.1, -0.05) is 35.9 Å². The molecule has 1 aliphatic rings. The monoisotopic (exact) mass is 637 g/mol. The summed E-state index contributed by atoms with van der Waals surface area (Å²) >= 11 is 6.86. The van der Waals surface area contributed by atoms with Gasteiger partial charge in [0, 0.05) is 67.9 Å². The molecule has 0 unspecified atom stereocenters. The molecule has 0 radical (unpaired) electrons. The van der Waals surface area contributed by atoms with Gasteiger partial charge in [0.15, 0.2) is 5.82 Å². The van der Waals surface area contributed by atoms with Crippen LogP contribution in [0.3, 0.4) is 0 Å². The highest BCUT2D eigenvalue weighted by Gasteiger charge is 2.25. The number of likely N-dealkylation sites (N-methyl/N-ethyl adjacent to an activating group) is 1. The zero-order valence-corrected chi connectivity index (χ0v) is 26.1. The van der Waals surface area contributed by atoms with E-state index in [1.54, 1.807) is 24.3 Å². The third-order valence-corrected chi connectivity index (χ3v) is 8.19. The molecule has 0 saturated heterocycles. The van der Waals surface area contributed by atoms with Crippen molar-refractivity contribution in [3.63, 3.8) is 0 Å². The van der Waals surface area contributed by atoms with E-state index in [0.717, 1.165) is 35.5 Å². The number of anilines is 2. The van der Waals surface area contributed by atoms with Crippen molar-refractivity contribution >= 4 is 34.8 Å². The van der Waals surface area contributed by atoms with Crippen LogP contribution in [0.15, 0.2) is 48.7 Å². The van der Waals surface area contributed by atoms with Gasteiger partial charge in [-0.3, -0.25) is 14.6 Å². The summed E-state index contributed by atoms with van der Waals surface area (Å²) in [5.74, 6) is -0.159. The fourth-order valence-electron chi connectivity index (χ4n) is 5.35. The molecule has 2 aromatic carbocycles. The molecule has 3 heterocycles. The Morgan fingerprint density at radius 2 is 1.78 bits per heavy atom. The van der Waals surface area contributed by atoms with Crippen molar-refractivity contribution in [3.05, 3.63) is 87.7 Å². The van der Waals surface area contributed by atoms with Crippen molar-refractivity contribution in [2.24, 2.45) is 7.05 Å². The fourth-order valence-corrected chi connectivity index (χ4v) is 5.63. The van der Waals surface area contributed by atoms with Gasteiger partial charge in [-0.05, 0) is 37.2 Å². The lowest BCUT2D eigenvalue weighted by atomic mass is 9.98. The quantitative estimate of drug-likeness (QED) is 0.216. The summed E-state index contributed by atoms with van der Waals surface area (Å²) < 4.78 is 32.2. The first kappa shape index (κ1) is 32.0. The summed E-state index contributed by atoms with van der Waals surface area (Å²) in [6.45, 7) is 3.10. The maximum atomic E-state index is 13.3. The summed E-state index contributed by atoms with van der Waals surface area (Å²) in [5.41, 5.74) is 5.75. The Balaban J connectivity index is 1.34. The van der Waals surface area contributed by atoms with Crippen molar-refractivity contribution in [2.45, 2.75) is 32.9 Å². The number of fused-ring (bicyclic) bond motifs is 1. The summed E-state index contributed by atoms with van der Waals surface area (Å²) in [5, 5.41) is 8.78. The molecule has 13 heteroatoms. The number of carbonyl (C=O) groups is 2. The molecule has 10 nitrogen and oxygen atoms in total. The fraction of sp³-hybridized carbons (Fsp3) is 0.312. The third-order valence-electron chi connectivity index (χ3n) is 7.78. The highest BCUT2D eigenvalue weighted by atomic mass is 35.5. The minimum atomic E-state index is -2.48. The van der Waals surface area contributed by atoms with E-state index in [1.807, 2.05) is 37.7 Å². The van der Waals surface area contributed by atoms with Gasteiger partial charge in [-0.25, -0.2) is 13.8 Å². The maximum Gasteiger partial charge on any atom is 0.291 e. The number of pyridine rings is 1. The number of amides is 2. The number of benzene rings is 2. The van der Waals surface area contributed by atoms with Crippen LogP contribution in [-0.2, 0) is 26.6 Å². The lowest BCUT2D eigenvalue weighted by molar-refractivity contribution is 0.100. The predicted octanol–water partition coefficient (Wildman–Crippen LogP) is 5.30. The van der Waals surface area contributed by atoms with Gasteiger partial charge in [0.25, 0.3) is 18.2 Å². The molecule has 0 fully saturated rings. The van der Waals surface area contributed by atoms with Gasteiger partial charge < -0.3 is 30.2 Å². The van der Waals surface area contributed by atoms with Crippen LogP contribution in [0.25, 0.3) is 11.1 Å². The average Bonchev–Trinajstić information content (AvgIpc) is 3.34. The van der Waals surface area contributed by atoms with Crippen LogP contribution in [0.1, 0.15) is 43.6 Å². The first-order valence-electron chi connectivity index (χ1n) is 14.3. The molecule has 0 atom stereocenters. The summed E-state index contributed by atoms with van der Waals surface area (Å²) in [6, 6.07) is 12.3. The number of methoxy groups -OCH3 is 1. The molecular formula is C32H34ClF2N7O3. The Kier molecular flexibility index (Phi) is 9.76. The number of alkyl halides is 2. The molecule has 4 aromatic rings. The standard InChI is InChI=1S/C32H34ClF2N7O3/c1-18-20(7-5-9-22(18)39-31(43)24-13-27(45-4)19(15-37-24)14-36-16-28(34)35)21-8-6-10-23(29(21)33)40-32(44)30-38-25-17-41(2)12-11-26(25)42(30)3/h5-10,13,15,28,36H,11-12,14,16-17H2,1-4H3,(H,39,43)(H,40,44). The topological polar surface area (TPSA) is 113 Å². The number of halogens is 3. The Hall–Kier alpha value is -4.39. The third kappa shape index (κ3) is 6.98. The highest BCUT2D eigenvalue weighted by molar-refractivity contribution is 6.36. The zero-order chi connectivity index (χ0) is 32.2. The molecule has 2 amide bonds. The van der Waals surface area contributed by atoms with E-state index in [4.69, 9.17) is 16.3 Å². The van der Waals surface area contributed by atoms with Gasteiger partial charge >= 0.3 is 0 Å². The first-order valence-corrected chi connectivity index (χ1v) is 14.7. The number of nitrogens with one attached hydrogen (secondary N) is 3. The second-order valence-corrected chi connectivity index (χ2v) is 11.2. The van der Waals surface area contributed by atoms with Crippen LogP contribution in [0, 0.1) is 6.92 Å². The number of carbonyl (C=O) groups excluding carboxylic acids is 2. The Labute approximate surface area is 264 Å². The van der Waals surface area contributed by atoms with E-state index in [2.05, 4.69) is 30.8 Å². The molecule has 2 aromatic heterocycles. The number of aromatic nitrogens is 3. The molecule has 0 spiro atoms. The molecule has 236 valence electrons. The van der Waals surface area contributed by atoms with Crippen molar-refractivity contribution < 1.29 is 23.1 Å². The lowest BCUT2D eigenvalue weighted by Gasteiger charge is -2.21. The number of ether oxygens (including phenoxy) is 1. The van der Waals surface area contributed by atoms with E-state index >= 15 is 0 Å². The van der Waals surface area contributed by atoms with Gasteiger partial charge in [0.2, 0.25) is 0 Å². The molecule has 1 aliphatic heterocycles. The summed E-state index contributed by atoms with van der Waals surface area (Å²) in [7, 11) is 5.31. The van der Waals surface area contributed by atoms with Crippen molar-refractivity contribution in [1.82, 2.24) is 24.8 Å². The van der Waals surface area contributed by atoms with E-state index in [1.165, 1.54) is 19.4 Å². The normalized spacial score (nSPS) is 13.1. The molecule has 0 saturated carbocycles. The van der Waals surface area contributed by atoms with Gasteiger partial charge in [-0.15, -0.1) is 0 Å². The van der Waals surface area contributed by atoms with Crippen LogP contribution in [0.4, 0.5) is 20.2 Å². The summed E-state index contributed by atoms with van der Waals surface area (Å²) in [6.07, 6.45) is -0.238. The van der Waals surface area contributed by atoms with Crippen molar-refractivity contribution in [1.29, 1.82) is 0 Å². The first-order chi connectivity index (χ1) is 21.6. The van der Waals surface area contributed by atoms with Gasteiger partial charge in [0.1, 0.15) is 11.4 Å². The smallest absolute Gasteiger partial charge is 0.291 e. The molecular weight excluding hydrogens is 604 g/mol. The second kappa shape index (κ2) is 13.7. The number of hydrogen-bond donors (Lipinski definition) is 3. The molecule has 45 heavy (non-hydrogen) atoms. The van der Waals surface area contributed by atoms with E-state index < -0.39 is 18.9 Å². The molecule has 0 bridgehead atoms. The molecule has 5 rings (SSSR count). The van der Waals surface area contributed by atoms with Crippen LogP contribution >= 0.6 is 11.6 Å². The largest absolute Gasteiger partial charge is 0.496 e. The van der Waals surface area contributed by atoms with E-state index in [-0.39, 0.29) is 18.1 Å².